The number of fused-ring (bicyclic) bond motifs is 3. The molecule has 12 nitrogen and oxygen atoms in total. The van der Waals surface area contributed by atoms with Gasteiger partial charge >= 0.3 is 5.97 Å². The molecular formula is C36H37N5O7. The summed E-state index contributed by atoms with van der Waals surface area (Å²) >= 11 is 0. The first-order valence-corrected chi connectivity index (χ1v) is 15.9. The van der Waals surface area contributed by atoms with Crippen LogP contribution < -0.4 is 15.4 Å². The van der Waals surface area contributed by atoms with Crippen molar-refractivity contribution in [1.29, 1.82) is 0 Å². The number of rotatable bonds is 9. The lowest BCUT2D eigenvalue weighted by Gasteiger charge is -2.19. The van der Waals surface area contributed by atoms with E-state index in [1.165, 1.54) is 16.8 Å². The summed E-state index contributed by atoms with van der Waals surface area (Å²) in [6, 6.07) is 11.8. The average molecular weight is 652 g/mol. The topological polar surface area (TPSA) is 158 Å². The van der Waals surface area contributed by atoms with Crippen LogP contribution in [0.2, 0.25) is 0 Å². The number of Topliss-reactive ketones (excluding diaryl/α,β-unsaturated/α-hetero) is 2. The summed E-state index contributed by atoms with van der Waals surface area (Å²) in [5, 5.41) is 10.2. The number of aromatic nitrogens is 3. The normalized spacial score (nSPS) is 15.3. The molecule has 0 fully saturated rings. The molecule has 6 rings (SSSR count). The second-order valence-electron chi connectivity index (χ2n) is 13.1. The SMILES string of the molecule is Cc1c(C(=O)CCC(=O)OC(C)(C)C)ccc2c1CC[C@@H]2NC(=O)c1cc(C(=O)NCc2ccc3c(c2)CC(=O)CO3)nc2ccnn12. The van der Waals surface area contributed by atoms with Gasteiger partial charge in [0.15, 0.2) is 17.2 Å². The zero-order valence-electron chi connectivity index (χ0n) is 27.3. The summed E-state index contributed by atoms with van der Waals surface area (Å²) in [4.78, 5) is 68.2. The van der Waals surface area contributed by atoms with Gasteiger partial charge in [-0.2, -0.15) is 5.10 Å². The van der Waals surface area contributed by atoms with E-state index in [1.807, 2.05) is 25.1 Å². The van der Waals surface area contributed by atoms with Crippen LogP contribution in [0.5, 0.6) is 5.75 Å². The predicted molar refractivity (Wildman–Crippen MR) is 174 cm³/mol. The number of carbonyl (C=O) groups is 5. The van der Waals surface area contributed by atoms with E-state index < -0.39 is 23.4 Å². The van der Waals surface area contributed by atoms with Crippen molar-refractivity contribution in [2.24, 2.45) is 0 Å². The van der Waals surface area contributed by atoms with Crippen molar-refractivity contribution in [1.82, 2.24) is 25.2 Å². The third kappa shape index (κ3) is 6.97. The third-order valence-corrected chi connectivity index (χ3v) is 8.45. The lowest BCUT2D eigenvalue weighted by Crippen LogP contribution is -2.30. The van der Waals surface area contributed by atoms with Crippen molar-refractivity contribution in [2.45, 2.75) is 78.0 Å². The molecule has 48 heavy (non-hydrogen) atoms. The smallest absolute Gasteiger partial charge is 0.306 e. The van der Waals surface area contributed by atoms with Crippen LogP contribution in [0.25, 0.3) is 5.65 Å². The Morgan fingerprint density at radius 3 is 2.65 bits per heavy atom. The Morgan fingerprint density at radius 1 is 1.04 bits per heavy atom. The van der Waals surface area contributed by atoms with Gasteiger partial charge in [-0.3, -0.25) is 24.0 Å². The molecule has 1 aliphatic carbocycles. The monoisotopic (exact) mass is 651 g/mol. The van der Waals surface area contributed by atoms with Crippen LogP contribution in [0.1, 0.15) is 105 Å². The second kappa shape index (κ2) is 13.0. The maximum absolute atomic E-state index is 13.7. The predicted octanol–water partition coefficient (Wildman–Crippen LogP) is 4.19. The summed E-state index contributed by atoms with van der Waals surface area (Å²) in [5.41, 5.74) is 4.84. The number of nitrogens with one attached hydrogen (secondary N) is 2. The summed E-state index contributed by atoms with van der Waals surface area (Å²) < 4.78 is 12.2. The van der Waals surface area contributed by atoms with E-state index in [0.717, 1.165) is 27.8 Å². The van der Waals surface area contributed by atoms with Crippen molar-refractivity contribution in [2.75, 3.05) is 6.61 Å². The Balaban J connectivity index is 1.14. The number of esters is 1. The summed E-state index contributed by atoms with van der Waals surface area (Å²) in [5.74, 6) is -0.776. The van der Waals surface area contributed by atoms with Crippen LogP contribution in [-0.4, -0.2) is 56.2 Å². The van der Waals surface area contributed by atoms with Gasteiger partial charge in [0, 0.05) is 42.6 Å². The van der Waals surface area contributed by atoms with E-state index in [-0.39, 0.29) is 61.4 Å². The minimum atomic E-state index is -0.612. The summed E-state index contributed by atoms with van der Waals surface area (Å²) in [6.07, 6.45) is 3.15. The number of nitrogens with zero attached hydrogens (tertiary/aromatic N) is 3. The van der Waals surface area contributed by atoms with Crippen molar-refractivity contribution in [3.05, 3.63) is 93.4 Å². The minimum absolute atomic E-state index is 0.00369. The summed E-state index contributed by atoms with van der Waals surface area (Å²) in [6.45, 7) is 7.51. The minimum Gasteiger partial charge on any atom is -0.486 e. The van der Waals surface area contributed by atoms with Crippen molar-refractivity contribution in [3.63, 3.8) is 0 Å². The fourth-order valence-electron chi connectivity index (χ4n) is 6.21. The molecule has 2 aliphatic rings. The highest BCUT2D eigenvalue weighted by Gasteiger charge is 2.29. The van der Waals surface area contributed by atoms with Gasteiger partial charge in [-0.05, 0) is 74.9 Å². The molecule has 12 heteroatoms. The molecule has 0 saturated heterocycles. The molecule has 248 valence electrons. The maximum Gasteiger partial charge on any atom is 0.306 e. The fourth-order valence-corrected chi connectivity index (χ4v) is 6.21. The Bertz CT molecular complexity index is 1970. The van der Waals surface area contributed by atoms with Gasteiger partial charge in [0.05, 0.1) is 18.7 Å². The first-order chi connectivity index (χ1) is 22.9. The van der Waals surface area contributed by atoms with Gasteiger partial charge in [-0.15, -0.1) is 0 Å². The number of benzene rings is 2. The molecule has 4 aromatic rings. The molecule has 0 bridgehead atoms. The standard InChI is InChI=1S/C36H37N5O7/c1-20-24-8-9-27(26(24)7-6-25(20)30(43)10-12-33(44)48-36(2,3)4)40-35(46)29-17-28(39-32-13-14-38-41(29)32)34(45)37-18-21-5-11-31-22(15-21)16-23(42)19-47-31/h5-7,11,13-15,17,27H,8-10,12,16,18-19H2,1-4H3,(H,37,45)(H,40,46)/t27-/m0/s1. The number of ether oxygens (including phenoxy) is 2. The van der Waals surface area contributed by atoms with Gasteiger partial charge in [-0.1, -0.05) is 18.2 Å². The third-order valence-electron chi connectivity index (χ3n) is 8.45. The number of amides is 2. The molecule has 0 spiro atoms. The number of ketones is 2. The van der Waals surface area contributed by atoms with E-state index in [1.54, 1.807) is 39.0 Å². The first-order valence-electron chi connectivity index (χ1n) is 15.9. The van der Waals surface area contributed by atoms with Gasteiger partial charge in [-0.25, -0.2) is 9.50 Å². The largest absolute Gasteiger partial charge is 0.486 e. The molecule has 0 unspecified atom stereocenters. The van der Waals surface area contributed by atoms with Crippen LogP contribution in [0.3, 0.4) is 0 Å². The second-order valence-corrected chi connectivity index (χ2v) is 13.1. The van der Waals surface area contributed by atoms with Crippen molar-refractivity contribution < 1.29 is 33.4 Å². The van der Waals surface area contributed by atoms with Crippen molar-refractivity contribution in [3.8, 4) is 5.75 Å². The van der Waals surface area contributed by atoms with Crippen LogP contribution in [0, 0.1) is 6.92 Å². The van der Waals surface area contributed by atoms with Crippen LogP contribution >= 0.6 is 0 Å². The van der Waals surface area contributed by atoms with E-state index >= 15 is 0 Å². The van der Waals surface area contributed by atoms with E-state index in [4.69, 9.17) is 9.47 Å². The molecular weight excluding hydrogens is 614 g/mol. The summed E-state index contributed by atoms with van der Waals surface area (Å²) in [7, 11) is 0. The quantitative estimate of drug-likeness (QED) is 0.200. The molecule has 2 N–H and O–H groups in total. The van der Waals surface area contributed by atoms with E-state index in [9.17, 15) is 24.0 Å². The zero-order valence-corrected chi connectivity index (χ0v) is 27.3. The Kier molecular flexibility index (Phi) is 8.83. The molecule has 2 amide bonds. The van der Waals surface area contributed by atoms with E-state index in [0.29, 0.717) is 29.8 Å². The molecule has 1 aliphatic heterocycles. The van der Waals surface area contributed by atoms with Gasteiger partial charge < -0.3 is 20.1 Å². The molecule has 0 radical (unpaired) electrons. The molecule has 2 aromatic heterocycles. The van der Waals surface area contributed by atoms with Crippen LogP contribution in [0.15, 0.2) is 48.7 Å². The Hall–Kier alpha value is -5.39. The number of hydrogen-bond donors (Lipinski definition) is 2. The van der Waals surface area contributed by atoms with Crippen molar-refractivity contribution >= 4 is 35.0 Å². The lowest BCUT2D eigenvalue weighted by molar-refractivity contribution is -0.154. The highest BCUT2D eigenvalue weighted by Crippen LogP contribution is 2.35. The van der Waals surface area contributed by atoms with Crippen LogP contribution in [-0.2, 0) is 33.7 Å². The Morgan fingerprint density at radius 2 is 1.85 bits per heavy atom. The number of carbonyl (C=O) groups excluding carboxylic acids is 5. The fraction of sp³-hybridized carbons (Fsp3) is 0.361. The molecule has 0 saturated carbocycles. The van der Waals surface area contributed by atoms with Gasteiger partial charge in [0.2, 0.25) is 0 Å². The van der Waals surface area contributed by atoms with Gasteiger partial charge in [0.25, 0.3) is 11.8 Å². The zero-order chi connectivity index (χ0) is 34.2. The molecule has 2 aromatic carbocycles. The maximum atomic E-state index is 13.7. The average Bonchev–Trinajstić information content (AvgIpc) is 3.68. The van der Waals surface area contributed by atoms with Gasteiger partial charge in [0.1, 0.15) is 29.3 Å². The molecule has 1 atom stereocenters. The first kappa shape index (κ1) is 32.5. The number of hydrogen-bond acceptors (Lipinski definition) is 9. The lowest BCUT2D eigenvalue weighted by atomic mass is 9.94. The Labute approximate surface area is 277 Å². The highest BCUT2D eigenvalue weighted by molar-refractivity contribution is 6.00. The highest BCUT2D eigenvalue weighted by atomic mass is 16.6. The molecule has 3 heterocycles. The van der Waals surface area contributed by atoms with E-state index in [2.05, 4.69) is 20.7 Å². The van der Waals surface area contributed by atoms with Crippen LogP contribution in [0.4, 0.5) is 0 Å².